The second-order valence-electron chi connectivity index (χ2n) is 3.87. The largest absolute Gasteiger partial charge is 0.485 e. The molecule has 0 amide bonds. The highest BCUT2D eigenvalue weighted by atomic mass is 16.7. The first kappa shape index (κ1) is 11.5. The van der Waals surface area contributed by atoms with Crippen molar-refractivity contribution in [3.8, 4) is 17.2 Å². The average Bonchev–Trinajstić information content (AvgIpc) is 3.04. The first-order chi connectivity index (χ1) is 9.24. The van der Waals surface area contributed by atoms with Gasteiger partial charge in [0.1, 0.15) is 17.9 Å². The van der Waals surface area contributed by atoms with Gasteiger partial charge in [0.15, 0.2) is 17.3 Å². The third kappa shape index (κ3) is 2.20. The van der Waals surface area contributed by atoms with Crippen molar-refractivity contribution < 1.29 is 28.5 Å². The van der Waals surface area contributed by atoms with E-state index in [0.717, 1.165) is 0 Å². The molecule has 3 rings (SSSR count). The van der Waals surface area contributed by atoms with E-state index in [1.54, 1.807) is 18.2 Å². The Morgan fingerprint density at radius 1 is 1.26 bits per heavy atom. The Hall–Kier alpha value is -2.63. The highest BCUT2D eigenvalue weighted by molar-refractivity contribution is 5.88. The summed E-state index contributed by atoms with van der Waals surface area (Å²) in [5, 5.41) is 8.93. The smallest absolute Gasteiger partial charge is 0.339 e. The van der Waals surface area contributed by atoms with Crippen molar-refractivity contribution in [2.45, 2.75) is 6.61 Å². The van der Waals surface area contributed by atoms with Crippen LogP contribution in [0.4, 0.5) is 0 Å². The number of carboxylic acids is 1. The van der Waals surface area contributed by atoms with Crippen LogP contribution >= 0.6 is 0 Å². The zero-order valence-corrected chi connectivity index (χ0v) is 9.79. The number of rotatable bonds is 4. The molecule has 0 bridgehead atoms. The number of benzene rings is 1. The molecular weight excluding hydrogens is 252 g/mol. The maximum absolute atomic E-state index is 10.9. The van der Waals surface area contributed by atoms with Gasteiger partial charge < -0.3 is 23.7 Å². The Morgan fingerprint density at radius 3 is 2.95 bits per heavy atom. The summed E-state index contributed by atoms with van der Waals surface area (Å²) < 4.78 is 21.0. The van der Waals surface area contributed by atoms with Gasteiger partial charge >= 0.3 is 5.97 Å². The monoisotopic (exact) mass is 262 g/mol. The Morgan fingerprint density at radius 2 is 2.11 bits per heavy atom. The van der Waals surface area contributed by atoms with Crippen LogP contribution in [0.2, 0.25) is 0 Å². The lowest BCUT2D eigenvalue weighted by Gasteiger charge is -2.05. The van der Waals surface area contributed by atoms with Crippen LogP contribution in [0.25, 0.3) is 0 Å². The van der Waals surface area contributed by atoms with Gasteiger partial charge in [0.2, 0.25) is 6.79 Å². The van der Waals surface area contributed by atoms with Crippen LogP contribution in [0, 0.1) is 0 Å². The van der Waals surface area contributed by atoms with Crippen molar-refractivity contribution >= 4 is 5.97 Å². The quantitative estimate of drug-likeness (QED) is 0.910. The van der Waals surface area contributed by atoms with E-state index in [0.29, 0.717) is 17.2 Å². The van der Waals surface area contributed by atoms with Gasteiger partial charge in [-0.1, -0.05) is 0 Å². The van der Waals surface area contributed by atoms with E-state index >= 15 is 0 Å². The van der Waals surface area contributed by atoms with Crippen LogP contribution in [0.3, 0.4) is 0 Å². The van der Waals surface area contributed by atoms with Gasteiger partial charge in [-0.05, 0) is 18.2 Å². The molecule has 0 radical (unpaired) electrons. The summed E-state index contributed by atoms with van der Waals surface area (Å²) in [5.41, 5.74) is 0.0979. The average molecular weight is 262 g/mol. The van der Waals surface area contributed by atoms with E-state index in [4.69, 9.17) is 23.7 Å². The van der Waals surface area contributed by atoms with Crippen molar-refractivity contribution in [1.82, 2.24) is 0 Å². The van der Waals surface area contributed by atoms with E-state index in [2.05, 4.69) is 0 Å². The molecule has 0 saturated carbocycles. The molecule has 1 aliphatic heterocycles. The molecule has 1 aliphatic rings. The zero-order chi connectivity index (χ0) is 13.2. The van der Waals surface area contributed by atoms with E-state index in [1.165, 1.54) is 12.3 Å². The first-order valence-corrected chi connectivity index (χ1v) is 5.56. The van der Waals surface area contributed by atoms with Gasteiger partial charge in [0.05, 0.1) is 6.26 Å². The summed E-state index contributed by atoms with van der Waals surface area (Å²) >= 11 is 0. The van der Waals surface area contributed by atoms with Crippen LogP contribution in [-0.2, 0) is 6.61 Å². The Bertz CT molecular complexity index is 615. The van der Waals surface area contributed by atoms with Crippen molar-refractivity contribution in [3.05, 3.63) is 41.9 Å². The van der Waals surface area contributed by atoms with Gasteiger partial charge in [-0.15, -0.1) is 0 Å². The summed E-state index contributed by atoms with van der Waals surface area (Å²) in [5.74, 6) is 1.05. The lowest BCUT2D eigenvalue weighted by Crippen LogP contribution is -2.02. The molecule has 2 aromatic rings. The molecule has 1 aromatic heterocycles. The topological polar surface area (TPSA) is 78.1 Å². The fourth-order valence-corrected chi connectivity index (χ4v) is 1.76. The fraction of sp³-hybridized carbons (Fsp3) is 0.154. The molecule has 0 atom stereocenters. The second-order valence-corrected chi connectivity index (χ2v) is 3.87. The zero-order valence-electron chi connectivity index (χ0n) is 9.79. The maximum atomic E-state index is 10.9. The lowest BCUT2D eigenvalue weighted by molar-refractivity contribution is 0.0691. The summed E-state index contributed by atoms with van der Waals surface area (Å²) in [6.07, 6.45) is 1.32. The molecule has 6 nitrogen and oxygen atoms in total. The SMILES string of the molecule is O=C(O)c1ccoc1COc1ccc2c(c1)OCO2. The lowest BCUT2D eigenvalue weighted by atomic mass is 10.2. The summed E-state index contributed by atoms with van der Waals surface area (Å²) in [4.78, 5) is 10.9. The standard InChI is InChI=1S/C13H10O6/c14-13(15)9-3-4-16-12(9)6-17-8-1-2-10-11(5-8)19-7-18-10/h1-5H,6-7H2,(H,14,15). The van der Waals surface area contributed by atoms with Crippen LogP contribution in [0.1, 0.15) is 16.1 Å². The summed E-state index contributed by atoms with van der Waals surface area (Å²) in [6, 6.07) is 6.53. The number of carbonyl (C=O) groups is 1. The van der Waals surface area contributed by atoms with Gasteiger partial charge in [-0.3, -0.25) is 0 Å². The molecule has 0 fully saturated rings. The number of fused-ring (bicyclic) bond motifs is 1. The molecular formula is C13H10O6. The van der Waals surface area contributed by atoms with Crippen molar-refractivity contribution in [3.63, 3.8) is 0 Å². The fourth-order valence-electron chi connectivity index (χ4n) is 1.76. The molecule has 0 aliphatic carbocycles. The van der Waals surface area contributed by atoms with Gasteiger partial charge in [0.25, 0.3) is 0 Å². The predicted molar refractivity (Wildman–Crippen MR) is 62.6 cm³/mol. The van der Waals surface area contributed by atoms with E-state index < -0.39 is 5.97 Å². The minimum absolute atomic E-state index is 0.0360. The van der Waals surface area contributed by atoms with Gasteiger partial charge in [0, 0.05) is 6.07 Å². The first-order valence-electron chi connectivity index (χ1n) is 5.56. The molecule has 1 aromatic carbocycles. The maximum Gasteiger partial charge on any atom is 0.339 e. The Labute approximate surface area is 108 Å². The number of carboxylic acid groups (broad SMARTS) is 1. The predicted octanol–water partition coefficient (Wildman–Crippen LogP) is 2.29. The summed E-state index contributed by atoms with van der Waals surface area (Å²) in [6.45, 7) is 0.231. The highest BCUT2D eigenvalue weighted by Crippen LogP contribution is 2.35. The number of aromatic carboxylic acids is 1. The van der Waals surface area contributed by atoms with Crippen LogP contribution in [0.15, 0.2) is 34.9 Å². The van der Waals surface area contributed by atoms with E-state index in [9.17, 15) is 4.79 Å². The van der Waals surface area contributed by atoms with Gasteiger partial charge in [-0.25, -0.2) is 4.79 Å². The highest BCUT2D eigenvalue weighted by Gasteiger charge is 2.16. The number of furan rings is 1. The minimum atomic E-state index is -1.04. The molecule has 0 saturated heterocycles. The molecule has 0 spiro atoms. The molecule has 19 heavy (non-hydrogen) atoms. The van der Waals surface area contributed by atoms with E-state index in [-0.39, 0.29) is 24.7 Å². The summed E-state index contributed by atoms with van der Waals surface area (Å²) in [7, 11) is 0. The molecule has 2 heterocycles. The number of hydrogen-bond acceptors (Lipinski definition) is 5. The van der Waals surface area contributed by atoms with Gasteiger partial charge in [-0.2, -0.15) is 0 Å². The van der Waals surface area contributed by atoms with Crippen LogP contribution in [0.5, 0.6) is 17.2 Å². The van der Waals surface area contributed by atoms with E-state index in [1.807, 2.05) is 0 Å². The molecule has 0 unspecified atom stereocenters. The minimum Gasteiger partial charge on any atom is -0.485 e. The van der Waals surface area contributed by atoms with Crippen molar-refractivity contribution in [2.75, 3.05) is 6.79 Å². The Kier molecular flexibility index (Phi) is 2.75. The number of hydrogen-bond donors (Lipinski definition) is 1. The number of ether oxygens (including phenoxy) is 3. The molecule has 1 N–H and O–H groups in total. The van der Waals surface area contributed by atoms with Crippen LogP contribution in [-0.4, -0.2) is 17.9 Å². The van der Waals surface area contributed by atoms with Crippen molar-refractivity contribution in [2.24, 2.45) is 0 Å². The Balaban J connectivity index is 1.72. The molecule has 98 valence electrons. The normalized spacial score (nSPS) is 12.4. The third-order valence-electron chi connectivity index (χ3n) is 2.69. The third-order valence-corrected chi connectivity index (χ3v) is 2.69. The van der Waals surface area contributed by atoms with Crippen molar-refractivity contribution in [1.29, 1.82) is 0 Å². The molecule has 6 heteroatoms. The second kappa shape index (κ2) is 4.56. The van der Waals surface area contributed by atoms with Crippen LogP contribution < -0.4 is 14.2 Å².